The Morgan fingerprint density at radius 3 is 2.27 bits per heavy atom. The molecule has 2 amide bonds. The molecule has 4 rings (SSSR count). The largest absolute Gasteiger partial charge is 0.352 e. The SMILES string of the molecule is CCc1ccccc1N(CC(=O)N(Cc1cccc(Br)c1)[C@@H](Cc1ccccc1)C(=O)NC1CCCC1)S(C)(=O)=O. The Morgan fingerprint density at radius 1 is 0.951 bits per heavy atom. The second-order valence-corrected chi connectivity index (χ2v) is 13.4. The zero-order chi connectivity index (χ0) is 29.4. The molecule has 7 nitrogen and oxygen atoms in total. The minimum absolute atomic E-state index is 0.0764. The van der Waals surface area contributed by atoms with E-state index >= 15 is 0 Å². The zero-order valence-electron chi connectivity index (χ0n) is 23.6. The minimum atomic E-state index is -3.80. The molecule has 1 atom stereocenters. The molecule has 0 spiro atoms. The number of carbonyl (C=O) groups excluding carboxylic acids is 2. The highest BCUT2D eigenvalue weighted by atomic mass is 79.9. The number of hydrogen-bond donors (Lipinski definition) is 1. The molecule has 218 valence electrons. The van der Waals surface area contributed by atoms with Gasteiger partial charge >= 0.3 is 0 Å². The van der Waals surface area contributed by atoms with Gasteiger partial charge in [-0.25, -0.2) is 8.42 Å². The number of anilines is 1. The Balaban J connectivity index is 1.74. The summed E-state index contributed by atoms with van der Waals surface area (Å²) in [6.07, 6.45) is 5.99. The van der Waals surface area contributed by atoms with Gasteiger partial charge in [-0.1, -0.05) is 96.4 Å². The summed E-state index contributed by atoms with van der Waals surface area (Å²) in [5.41, 5.74) is 3.05. The first-order valence-corrected chi connectivity index (χ1v) is 16.7. The number of sulfonamides is 1. The second kappa shape index (κ2) is 14.1. The quantitative estimate of drug-likeness (QED) is 0.284. The minimum Gasteiger partial charge on any atom is -0.352 e. The van der Waals surface area contributed by atoms with Gasteiger partial charge in [0.15, 0.2) is 0 Å². The van der Waals surface area contributed by atoms with Crippen LogP contribution < -0.4 is 9.62 Å². The Morgan fingerprint density at radius 2 is 1.61 bits per heavy atom. The number of halogens is 1. The van der Waals surface area contributed by atoms with E-state index in [1.807, 2.05) is 73.7 Å². The number of benzene rings is 3. The summed E-state index contributed by atoms with van der Waals surface area (Å²) < 4.78 is 28.1. The maximum absolute atomic E-state index is 14.3. The van der Waals surface area contributed by atoms with Gasteiger partial charge in [-0.2, -0.15) is 0 Å². The molecule has 1 saturated carbocycles. The Kier molecular flexibility index (Phi) is 10.6. The van der Waals surface area contributed by atoms with Gasteiger partial charge in [-0.3, -0.25) is 13.9 Å². The first-order valence-electron chi connectivity index (χ1n) is 14.1. The molecule has 0 aromatic heterocycles. The van der Waals surface area contributed by atoms with Gasteiger partial charge in [0.05, 0.1) is 11.9 Å². The van der Waals surface area contributed by atoms with Crippen molar-refractivity contribution in [1.29, 1.82) is 0 Å². The van der Waals surface area contributed by atoms with Crippen molar-refractivity contribution >= 4 is 43.5 Å². The third kappa shape index (κ3) is 8.42. The molecule has 1 fully saturated rings. The molecule has 1 aliphatic carbocycles. The van der Waals surface area contributed by atoms with Crippen LogP contribution in [0.5, 0.6) is 0 Å². The van der Waals surface area contributed by atoms with Gasteiger partial charge in [-0.05, 0) is 54.2 Å². The first kappa shape index (κ1) is 30.8. The lowest BCUT2D eigenvalue weighted by atomic mass is 10.0. The van der Waals surface area contributed by atoms with Crippen LogP contribution in [0.1, 0.15) is 49.3 Å². The van der Waals surface area contributed by atoms with Crippen molar-refractivity contribution in [3.63, 3.8) is 0 Å². The number of nitrogens with zero attached hydrogens (tertiary/aromatic N) is 2. The molecule has 1 N–H and O–H groups in total. The highest BCUT2D eigenvalue weighted by Gasteiger charge is 2.34. The van der Waals surface area contributed by atoms with Gasteiger partial charge in [0.1, 0.15) is 12.6 Å². The van der Waals surface area contributed by atoms with Crippen LogP contribution in [0.25, 0.3) is 0 Å². The Bertz CT molecular complexity index is 1440. The van der Waals surface area contributed by atoms with Crippen molar-refractivity contribution in [2.24, 2.45) is 0 Å². The third-order valence-corrected chi connectivity index (χ3v) is 9.15. The van der Waals surface area contributed by atoms with Crippen LogP contribution in [0.4, 0.5) is 5.69 Å². The molecule has 3 aromatic rings. The van der Waals surface area contributed by atoms with E-state index in [-0.39, 0.29) is 18.5 Å². The van der Waals surface area contributed by atoms with Crippen LogP contribution in [0, 0.1) is 0 Å². The molecule has 0 unspecified atom stereocenters. The number of nitrogens with one attached hydrogen (secondary N) is 1. The molecule has 0 saturated heterocycles. The summed E-state index contributed by atoms with van der Waals surface area (Å²) >= 11 is 3.51. The number of rotatable bonds is 12. The van der Waals surface area contributed by atoms with E-state index in [1.165, 1.54) is 0 Å². The average Bonchev–Trinajstić information content (AvgIpc) is 3.46. The Labute approximate surface area is 252 Å². The van der Waals surface area contributed by atoms with E-state index in [9.17, 15) is 18.0 Å². The number of carbonyl (C=O) groups is 2. The summed E-state index contributed by atoms with van der Waals surface area (Å²) in [6, 6.07) is 23.7. The summed E-state index contributed by atoms with van der Waals surface area (Å²) in [7, 11) is -3.80. The van der Waals surface area contributed by atoms with Gasteiger partial charge in [0.2, 0.25) is 21.8 Å². The zero-order valence-corrected chi connectivity index (χ0v) is 26.0. The lowest BCUT2D eigenvalue weighted by Crippen LogP contribution is -2.54. The second-order valence-electron chi connectivity index (χ2n) is 10.6. The molecule has 0 bridgehead atoms. The van der Waals surface area contributed by atoms with Gasteiger partial charge in [0, 0.05) is 23.5 Å². The molecule has 0 heterocycles. The number of amides is 2. The van der Waals surface area contributed by atoms with Crippen LogP contribution in [-0.4, -0.2) is 50.0 Å². The van der Waals surface area contributed by atoms with Crippen molar-refractivity contribution in [2.75, 3.05) is 17.1 Å². The molecule has 1 aliphatic rings. The van der Waals surface area contributed by atoms with Crippen LogP contribution in [-0.2, 0) is 39.0 Å². The van der Waals surface area contributed by atoms with E-state index < -0.39 is 28.5 Å². The van der Waals surface area contributed by atoms with Crippen molar-refractivity contribution in [2.45, 2.75) is 64.1 Å². The average molecular weight is 641 g/mol. The summed E-state index contributed by atoms with van der Waals surface area (Å²) in [5, 5.41) is 3.19. The fourth-order valence-corrected chi connectivity index (χ4v) is 6.73. The molecule has 9 heteroatoms. The van der Waals surface area contributed by atoms with Crippen molar-refractivity contribution in [3.8, 4) is 0 Å². The standard InChI is InChI=1S/C32H38BrN3O4S/c1-3-26-15-7-10-19-29(26)36(41(2,39)40)23-31(37)35(22-25-14-11-16-27(33)20-25)30(21-24-12-5-4-6-13-24)32(38)34-28-17-8-9-18-28/h4-7,10-16,19-20,28,30H,3,8-9,17-18,21-23H2,1-2H3,(H,34,38)/t30-/m0/s1. The monoisotopic (exact) mass is 639 g/mol. The smallest absolute Gasteiger partial charge is 0.244 e. The number of aryl methyl sites for hydroxylation is 1. The maximum atomic E-state index is 14.3. The molecule has 3 aromatic carbocycles. The fraction of sp³-hybridized carbons (Fsp3) is 0.375. The number of hydrogen-bond acceptors (Lipinski definition) is 4. The molecular weight excluding hydrogens is 602 g/mol. The van der Waals surface area contributed by atoms with Gasteiger partial charge in [0.25, 0.3) is 0 Å². The fourth-order valence-electron chi connectivity index (χ4n) is 5.40. The normalized spacial score (nSPS) is 14.4. The van der Waals surface area contributed by atoms with E-state index in [0.29, 0.717) is 18.5 Å². The summed E-state index contributed by atoms with van der Waals surface area (Å²) in [5.74, 6) is -0.659. The van der Waals surface area contributed by atoms with Crippen LogP contribution in [0.3, 0.4) is 0 Å². The van der Waals surface area contributed by atoms with Crippen LogP contribution in [0.15, 0.2) is 83.3 Å². The predicted octanol–water partition coefficient (Wildman–Crippen LogP) is 5.48. The predicted molar refractivity (Wildman–Crippen MR) is 167 cm³/mol. The molecule has 0 radical (unpaired) electrons. The van der Waals surface area contributed by atoms with Crippen LogP contribution >= 0.6 is 15.9 Å². The first-order chi connectivity index (χ1) is 19.7. The number of para-hydroxylation sites is 1. The molecular formula is C32H38BrN3O4S. The summed E-state index contributed by atoms with van der Waals surface area (Å²) in [6.45, 7) is 1.69. The van der Waals surface area contributed by atoms with Gasteiger partial charge < -0.3 is 10.2 Å². The van der Waals surface area contributed by atoms with E-state index in [0.717, 1.165) is 57.4 Å². The lowest BCUT2D eigenvalue weighted by Gasteiger charge is -2.34. The van der Waals surface area contributed by atoms with Crippen LogP contribution in [0.2, 0.25) is 0 Å². The highest BCUT2D eigenvalue weighted by Crippen LogP contribution is 2.25. The van der Waals surface area contributed by atoms with Crippen molar-refractivity contribution in [3.05, 3.63) is 100 Å². The topological polar surface area (TPSA) is 86.8 Å². The van der Waals surface area contributed by atoms with Crippen molar-refractivity contribution < 1.29 is 18.0 Å². The highest BCUT2D eigenvalue weighted by molar-refractivity contribution is 9.10. The summed E-state index contributed by atoms with van der Waals surface area (Å²) in [4.78, 5) is 29.7. The Hall–Kier alpha value is -3.17. The molecule has 41 heavy (non-hydrogen) atoms. The maximum Gasteiger partial charge on any atom is 0.244 e. The lowest BCUT2D eigenvalue weighted by molar-refractivity contribution is -0.140. The molecule has 0 aliphatic heterocycles. The van der Waals surface area contributed by atoms with E-state index in [4.69, 9.17) is 0 Å². The third-order valence-electron chi connectivity index (χ3n) is 7.54. The van der Waals surface area contributed by atoms with Crippen molar-refractivity contribution in [1.82, 2.24) is 10.2 Å². The van der Waals surface area contributed by atoms with E-state index in [2.05, 4.69) is 21.2 Å². The van der Waals surface area contributed by atoms with Gasteiger partial charge in [-0.15, -0.1) is 0 Å². The van der Waals surface area contributed by atoms with E-state index in [1.54, 1.807) is 17.0 Å².